The third-order valence-electron chi connectivity index (χ3n) is 10.1. The average Bonchev–Trinajstić information content (AvgIpc) is 2.80. The van der Waals surface area contributed by atoms with Gasteiger partial charge in [0.05, 0.1) is 12.7 Å². The maximum atomic E-state index is 12.1. The summed E-state index contributed by atoms with van der Waals surface area (Å²) < 4.78 is 6.28. The van der Waals surface area contributed by atoms with Crippen LogP contribution in [0.3, 0.4) is 0 Å². The second-order valence-corrected chi connectivity index (χ2v) is 11.7. The molecule has 4 aliphatic carbocycles. The number of allylic oxidation sites excluding steroid dienone is 2. The van der Waals surface area contributed by atoms with Crippen molar-refractivity contribution in [3.8, 4) is 5.75 Å². The van der Waals surface area contributed by atoms with Gasteiger partial charge in [-0.2, -0.15) is 0 Å². The number of hydrogen-bond donors (Lipinski definition) is 1. The summed E-state index contributed by atoms with van der Waals surface area (Å²) in [6.45, 7) is 5.35. The standard InChI is InChI=1S/C30H42O3/c1-3-6-21-7-4-8-24(19-21)33-18-17-30-16-14-26-25(27(30)9-5-10-28(30)32)12-11-22-20-23(31)13-15-29(22,26)2/h4,7-8,19-20,25-28,32H,3,5-6,9-18H2,1-2H3. The van der Waals surface area contributed by atoms with Gasteiger partial charge in [-0.05, 0) is 105 Å². The highest BCUT2D eigenvalue weighted by atomic mass is 16.5. The van der Waals surface area contributed by atoms with Crippen LogP contribution in [0.2, 0.25) is 0 Å². The van der Waals surface area contributed by atoms with Crippen LogP contribution in [0.1, 0.15) is 90.0 Å². The van der Waals surface area contributed by atoms with Crippen LogP contribution < -0.4 is 4.74 Å². The van der Waals surface area contributed by atoms with E-state index in [1.165, 1.54) is 30.4 Å². The molecule has 0 saturated heterocycles. The molecule has 3 saturated carbocycles. The number of fused-ring (bicyclic) bond motifs is 5. The molecule has 180 valence electrons. The SMILES string of the molecule is CCCc1cccc(OCCC23CCC4C(CCC5=CC(=O)CCC54C)C2CCCC3O)c1. The molecule has 4 aliphatic rings. The minimum atomic E-state index is -0.204. The third-order valence-corrected chi connectivity index (χ3v) is 10.1. The molecule has 6 unspecified atom stereocenters. The van der Waals surface area contributed by atoms with Crippen molar-refractivity contribution in [1.29, 1.82) is 0 Å². The van der Waals surface area contributed by atoms with Gasteiger partial charge in [-0.15, -0.1) is 0 Å². The molecule has 1 aromatic rings. The maximum Gasteiger partial charge on any atom is 0.155 e. The Balaban J connectivity index is 1.33. The number of benzene rings is 1. The average molecular weight is 451 g/mol. The number of carbonyl (C=O) groups excluding carboxylic acids is 1. The summed E-state index contributed by atoms with van der Waals surface area (Å²) in [6, 6.07) is 8.54. The zero-order chi connectivity index (χ0) is 23.1. The van der Waals surface area contributed by atoms with Crippen LogP contribution in [-0.4, -0.2) is 23.6 Å². The number of aliphatic hydroxyl groups excluding tert-OH is 1. The van der Waals surface area contributed by atoms with Gasteiger partial charge in [0.15, 0.2) is 5.78 Å². The van der Waals surface area contributed by atoms with Crippen LogP contribution >= 0.6 is 0 Å². The summed E-state index contributed by atoms with van der Waals surface area (Å²) >= 11 is 0. The Morgan fingerprint density at radius 2 is 1.97 bits per heavy atom. The van der Waals surface area contributed by atoms with E-state index in [0.29, 0.717) is 36.6 Å². The molecular weight excluding hydrogens is 408 g/mol. The van der Waals surface area contributed by atoms with E-state index >= 15 is 0 Å². The number of hydrogen-bond acceptors (Lipinski definition) is 3. The van der Waals surface area contributed by atoms with Gasteiger partial charge in [-0.1, -0.05) is 44.4 Å². The fourth-order valence-electron chi connectivity index (χ4n) is 8.45. The molecule has 3 fully saturated rings. The van der Waals surface area contributed by atoms with E-state index in [9.17, 15) is 9.90 Å². The van der Waals surface area contributed by atoms with E-state index in [-0.39, 0.29) is 16.9 Å². The van der Waals surface area contributed by atoms with Gasteiger partial charge in [-0.3, -0.25) is 4.79 Å². The van der Waals surface area contributed by atoms with Crippen molar-refractivity contribution in [2.75, 3.05) is 6.61 Å². The van der Waals surface area contributed by atoms with Crippen molar-refractivity contribution in [3.63, 3.8) is 0 Å². The summed E-state index contributed by atoms with van der Waals surface area (Å²) in [5, 5.41) is 11.4. The van der Waals surface area contributed by atoms with Gasteiger partial charge in [0.2, 0.25) is 0 Å². The minimum absolute atomic E-state index is 0.00249. The lowest BCUT2D eigenvalue weighted by molar-refractivity contribution is -0.148. The Bertz CT molecular complexity index is 904. The van der Waals surface area contributed by atoms with Crippen molar-refractivity contribution >= 4 is 5.78 Å². The van der Waals surface area contributed by atoms with Crippen molar-refractivity contribution in [3.05, 3.63) is 41.5 Å². The molecule has 6 atom stereocenters. The number of ether oxygens (including phenoxy) is 1. The molecule has 1 aromatic carbocycles. The van der Waals surface area contributed by atoms with E-state index in [4.69, 9.17) is 4.74 Å². The molecule has 3 nitrogen and oxygen atoms in total. The van der Waals surface area contributed by atoms with Gasteiger partial charge >= 0.3 is 0 Å². The highest BCUT2D eigenvalue weighted by molar-refractivity contribution is 5.91. The summed E-state index contributed by atoms with van der Waals surface area (Å²) in [5.74, 6) is 3.24. The number of ketones is 1. The smallest absolute Gasteiger partial charge is 0.155 e. The Hall–Kier alpha value is -1.61. The highest BCUT2D eigenvalue weighted by Crippen LogP contribution is 2.65. The molecule has 33 heavy (non-hydrogen) atoms. The lowest BCUT2D eigenvalue weighted by Gasteiger charge is -2.62. The molecule has 0 heterocycles. The topological polar surface area (TPSA) is 46.5 Å². The monoisotopic (exact) mass is 450 g/mol. The second kappa shape index (κ2) is 9.21. The normalized spacial score (nSPS) is 38.0. The second-order valence-electron chi connectivity index (χ2n) is 11.7. The molecule has 1 N–H and O–H groups in total. The summed E-state index contributed by atoms with van der Waals surface area (Å²) in [4.78, 5) is 12.1. The largest absolute Gasteiger partial charge is 0.494 e. The zero-order valence-electron chi connectivity index (χ0n) is 20.7. The zero-order valence-corrected chi connectivity index (χ0v) is 20.7. The van der Waals surface area contributed by atoms with E-state index < -0.39 is 0 Å². The fraction of sp³-hybridized carbons (Fsp3) is 0.700. The van der Waals surface area contributed by atoms with E-state index in [1.807, 2.05) is 6.08 Å². The molecule has 0 spiro atoms. The number of aryl methyl sites for hydroxylation is 1. The number of aliphatic hydroxyl groups is 1. The Morgan fingerprint density at radius 3 is 2.82 bits per heavy atom. The highest BCUT2D eigenvalue weighted by Gasteiger charge is 2.59. The first-order chi connectivity index (χ1) is 16.0. The van der Waals surface area contributed by atoms with Crippen LogP contribution in [-0.2, 0) is 11.2 Å². The lowest BCUT2D eigenvalue weighted by Crippen LogP contribution is -2.57. The summed E-state index contributed by atoms with van der Waals surface area (Å²) in [5.41, 5.74) is 2.97. The van der Waals surface area contributed by atoms with Crippen LogP contribution in [0.25, 0.3) is 0 Å². The van der Waals surface area contributed by atoms with E-state index in [0.717, 1.165) is 57.1 Å². The first-order valence-corrected chi connectivity index (χ1v) is 13.6. The van der Waals surface area contributed by atoms with Crippen molar-refractivity contribution in [1.82, 2.24) is 0 Å². The van der Waals surface area contributed by atoms with Gasteiger partial charge in [0.25, 0.3) is 0 Å². The molecule has 3 heteroatoms. The minimum Gasteiger partial charge on any atom is -0.494 e. The molecule has 5 rings (SSSR count). The number of carbonyl (C=O) groups is 1. The summed E-state index contributed by atoms with van der Waals surface area (Å²) in [6.07, 6.45) is 14.6. The molecule has 0 amide bonds. The Morgan fingerprint density at radius 1 is 1.09 bits per heavy atom. The Labute approximate surface area is 200 Å². The van der Waals surface area contributed by atoms with Gasteiger partial charge in [0.1, 0.15) is 5.75 Å². The molecule has 0 bridgehead atoms. The van der Waals surface area contributed by atoms with E-state index in [1.54, 1.807) is 0 Å². The van der Waals surface area contributed by atoms with Gasteiger partial charge < -0.3 is 9.84 Å². The first kappa shape index (κ1) is 23.1. The third kappa shape index (κ3) is 4.09. The summed E-state index contributed by atoms with van der Waals surface area (Å²) in [7, 11) is 0. The molecule has 0 radical (unpaired) electrons. The maximum absolute atomic E-state index is 12.1. The quantitative estimate of drug-likeness (QED) is 0.526. The van der Waals surface area contributed by atoms with Crippen LogP contribution in [0, 0.1) is 28.6 Å². The molecule has 0 aromatic heterocycles. The predicted octanol–water partition coefficient (Wildman–Crippen LogP) is 6.67. The van der Waals surface area contributed by atoms with Crippen molar-refractivity contribution < 1.29 is 14.6 Å². The Kier molecular flexibility index (Phi) is 6.46. The van der Waals surface area contributed by atoms with Crippen molar-refractivity contribution in [2.45, 2.75) is 97.0 Å². The first-order valence-electron chi connectivity index (χ1n) is 13.6. The lowest BCUT2D eigenvalue weighted by atomic mass is 9.43. The number of rotatable bonds is 6. The molecule has 0 aliphatic heterocycles. The van der Waals surface area contributed by atoms with Crippen LogP contribution in [0.4, 0.5) is 0 Å². The van der Waals surface area contributed by atoms with Gasteiger partial charge in [0, 0.05) is 11.8 Å². The van der Waals surface area contributed by atoms with Crippen LogP contribution in [0.5, 0.6) is 5.75 Å². The van der Waals surface area contributed by atoms with E-state index in [2.05, 4.69) is 38.1 Å². The fourth-order valence-corrected chi connectivity index (χ4v) is 8.45. The van der Waals surface area contributed by atoms with Crippen molar-refractivity contribution in [2.24, 2.45) is 28.6 Å². The van der Waals surface area contributed by atoms with Crippen LogP contribution in [0.15, 0.2) is 35.9 Å². The predicted molar refractivity (Wildman–Crippen MR) is 132 cm³/mol. The molecular formula is C30H42O3. The van der Waals surface area contributed by atoms with Gasteiger partial charge in [-0.25, -0.2) is 0 Å².